The fourth-order valence-electron chi connectivity index (χ4n) is 0.810. The Balaban J connectivity index is 2.91. The highest BCUT2D eigenvalue weighted by molar-refractivity contribution is 7.99. The van der Waals surface area contributed by atoms with Gasteiger partial charge in [0.05, 0.1) is 6.61 Å². The van der Waals surface area contributed by atoms with Gasteiger partial charge in [-0.3, -0.25) is 0 Å². The summed E-state index contributed by atoms with van der Waals surface area (Å²) in [6.07, 6.45) is 2.13. The van der Waals surface area contributed by atoms with Gasteiger partial charge in [0.2, 0.25) is 0 Å². The van der Waals surface area contributed by atoms with Gasteiger partial charge in [-0.1, -0.05) is 6.92 Å². The third kappa shape index (κ3) is 10.1. The number of aliphatic hydroxyl groups excluding tert-OH is 2. The monoisotopic (exact) mass is 208 g/mol. The zero-order valence-corrected chi connectivity index (χ0v) is 9.05. The molecule has 0 saturated carbocycles. The number of aliphatic hydroxyl groups is 2. The van der Waals surface area contributed by atoms with E-state index >= 15 is 0 Å². The molecule has 0 aliphatic carbocycles. The second kappa shape index (κ2) is 10.3. The van der Waals surface area contributed by atoms with E-state index in [0.29, 0.717) is 13.0 Å². The Kier molecular flexibility index (Phi) is 10.5. The van der Waals surface area contributed by atoms with Gasteiger partial charge in [0, 0.05) is 12.4 Å². The summed E-state index contributed by atoms with van der Waals surface area (Å²) in [7, 11) is 0. The maximum atomic E-state index is 9.04. The second-order valence-corrected chi connectivity index (χ2v) is 4.00. The Hall–Kier alpha value is 0.230. The van der Waals surface area contributed by atoms with Crippen LogP contribution in [0.25, 0.3) is 0 Å². The van der Waals surface area contributed by atoms with Crippen LogP contribution in [0.4, 0.5) is 0 Å². The van der Waals surface area contributed by atoms with E-state index in [-0.39, 0.29) is 6.61 Å². The third-order valence-electron chi connectivity index (χ3n) is 1.58. The van der Waals surface area contributed by atoms with Crippen LogP contribution in [0.2, 0.25) is 0 Å². The quantitative estimate of drug-likeness (QED) is 0.442. The van der Waals surface area contributed by atoms with Crippen LogP contribution in [0, 0.1) is 0 Å². The summed E-state index contributed by atoms with van der Waals surface area (Å²) in [5.41, 5.74) is 0. The van der Waals surface area contributed by atoms with Crippen LogP contribution < -0.4 is 0 Å². The Morgan fingerprint density at radius 2 is 2.08 bits per heavy atom. The SMILES string of the molecule is CCC(O)OCCCCSCCO. The highest BCUT2D eigenvalue weighted by atomic mass is 32.2. The van der Waals surface area contributed by atoms with Crippen molar-refractivity contribution in [3.63, 3.8) is 0 Å². The number of thioether (sulfide) groups is 1. The van der Waals surface area contributed by atoms with Crippen molar-refractivity contribution in [2.75, 3.05) is 24.7 Å². The van der Waals surface area contributed by atoms with Gasteiger partial charge in [0.1, 0.15) is 0 Å². The second-order valence-electron chi connectivity index (χ2n) is 2.78. The maximum Gasteiger partial charge on any atom is 0.154 e. The van der Waals surface area contributed by atoms with Crippen LogP contribution in [-0.4, -0.2) is 41.2 Å². The lowest BCUT2D eigenvalue weighted by molar-refractivity contribution is -0.100. The fraction of sp³-hybridized carbons (Fsp3) is 1.00. The van der Waals surface area contributed by atoms with E-state index in [0.717, 1.165) is 24.3 Å². The lowest BCUT2D eigenvalue weighted by Crippen LogP contribution is -2.11. The Morgan fingerprint density at radius 3 is 2.69 bits per heavy atom. The Morgan fingerprint density at radius 1 is 1.31 bits per heavy atom. The Labute approximate surface area is 84.5 Å². The largest absolute Gasteiger partial charge is 0.396 e. The lowest BCUT2D eigenvalue weighted by atomic mass is 10.3. The first-order valence-corrected chi connectivity index (χ1v) is 5.95. The molecule has 1 atom stereocenters. The molecule has 0 saturated heterocycles. The lowest BCUT2D eigenvalue weighted by Gasteiger charge is -2.08. The Bertz CT molecular complexity index is 101. The van der Waals surface area contributed by atoms with Crippen LogP contribution in [0.3, 0.4) is 0 Å². The van der Waals surface area contributed by atoms with Gasteiger partial charge < -0.3 is 14.9 Å². The van der Waals surface area contributed by atoms with Gasteiger partial charge in [-0.15, -0.1) is 0 Å². The molecule has 2 N–H and O–H groups in total. The minimum atomic E-state index is -0.593. The molecule has 0 heterocycles. The van der Waals surface area contributed by atoms with Gasteiger partial charge in [0.25, 0.3) is 0 Å². The number of rotatable bonds is 9. The molecule has 0 rings (SSSR count). The van der Waals surface area contributed by atoms with Crippen LogP contribution in [0.1, 0.15) is 26.2 Å². The number of ether oxygens (including phenoxy) is 1. The normalized spacial score (nSPS) is 13.2. The molecule has 0 aromatic heterocycles. The molecular formula is C9H20O3S. The molecule has 0 radical (unpaired) electrons. The molecule has 0 aromatic carbocycles. The van der Waals surface area contributed by atoms with E-state index in [1.807, 2.05) is 6.92 Å². The first-order valence-electron chi connectivity index (χ1n) is 4.79. The molecule has 0 bridgehead atoms. The molecule has 4 heteroatoms. The van der Waals surface area contributed by atoms with E-state index in [1.54, 1.807) is 11.8 Å². The predicted octanol–water partition coefficient (Wildman–Crippen LogP) is 1.24. The highest BCUT2D eigenvalue weighted by Crippen LogP contribution is 2.04. The van der Waals surface area contributed by atoms with Crippen molar-refractivity contribution in [1.82, 2.24) is 0 Å². The van der Waals surface area contributed by atoms with Gasteiger partial charge in [-0.2, -0.15) is 11.8 Å². The predicted molar refractivity (Wildman–Crippen MR) is 55.9 cm³/mol. The van der Waals surface area contributed by atoms with Crippen LogP contribution in [0.15, 0.2) is 0 Å². The summed E-state index contributed by atoms with van der Waals surface area (Å²) in [4.78, 5) is 0. The van der Waals surface area contributed by atoms with Gasteiger partial charge in [0.15, 0.2) is 6.29 Å². The summed E-state index contributed by atoms with van der Waals surface area (Å²) in [5, 5.41) is 17.5. The van der Waals surface area contributed by atoms with E-state index in [1.165, 1.54) is 0 Å². The van der Waals surface area contributed by atoms with Gasteiger partial charge >= 0.3 is 0 Å². The topological polar surface area (TPSA) is 49.7 Å². The van der Waals surface area contributed by atoms with E-state index in [9.17, 15) is 0 Å². The standard InChI is InChI=1S/C9H20O3S/c1-2-9(11)12-6-3-4-7-13-8-5-10/h9-11H,2-8H2,1H3. The fourth-order valence-corrected chi connectivity index (χ4v) is 1.55. The van der Waals surface area contributed by atoms with Gasteiger partial charge in [-0.25, -0.2) is 0 Å². The van der Waals surface area contributed by atoms with Crippen molar-refractivity contribution < 1.29 is 14.9 Å². The molecule has 3 nitrogen and oxygen atoms in total. The summed E-state index contributed by atoms with van der Waals surface area (Å²) in [6, 6.07) is 0. The van der Waals surface area contributed by atoms with Crippen molar-refractivity contribution >= 4 is 11.8 Å². The molecular weight excluding hydrogens is 188 g/mol. The molecule has 0 aromatic rings. The van der Waals surface area contributed by atoms with Crippen molar-refractivity contribution in [1.29, 1.82) is 0 Å². The van der Waals surface area contributed by atoms with Crippen molar-refractivity contribution in [3.05, 3.63) is 0 Å². The summed E-state index contributed by atoms with van der Waals surface area (Å²) in [5.74, 6) is 1.88. The summed E-state index contributed by atoms with van der Waals surface area (Å²) < 4.78 is 5.09. The van der Waals surface area contributed by atoms with Gasteiger partial charge in [-0.05, 0) is 25.0 Å². The zero-order chi connectivity index (χ0) is 9.94. The van der Waals surface area contributed by atoms with Crippen molar-refractivity contribution in [2.45, 2.75) is 32.5 Å². The molecule has 0 aliphatic rings. The smallest absolute Gasteiger partial charge is 0.154 e. The highest BCUT2D eigenvalue weighted by Gasteiger charge is 1.98. The van der Waals surface area contributed by atoms with E-state index < -0.39 is 6.29 Å². The number of unbranched alkanes of at least 4 members (excludes halogenated alkanes) is 1. The van der Waals surface area contributed by atoms with Crippen LogP contribution >= 0.6 is 11.8 Å². The molecule has 80 valence electrons. The van der Waals surface area contributed by atoms with E-state index in [2.05, 4.69) is 0 Å². The van der Waals surface area contributed by atoms with Crippen molar-refractivity contribution in [2.24, 2.45) is 0 Å². The molecule has 1 unspecified atom stereocenters. The minimum Gasteiger partial charge on any atom is -0.396 e. The third-order valence-corrected chi connectivity index (χ3v) is 2.63. The molecule has 0 spiro atoms. The van der Waals surface area contributed by atoms with Crippen LogP contribution in [0.5, 0.6) is 0 Å². The van der Waals surface area contributed by atoms with Crippen LogP contribution in [-0.2, 0) is 4.74 Å². The molecule has 13 heavy (non-hydrogen) atoms. The summed E-state index contributed by atoms with van der Waals surface area (Å²) >= 11 is 1.75. The first-order chi connectivity index (χ1) is 6.31. The zero-order valence-electron chi connectivity index (χ0n) is 8.24. The first kappa shape index (κ1) is 13.2. The molecule has 0 amide bonds. The number of hydrogen-bond donors (Lipinski definition) is 2. The molecule has 0 aliphatic heterocycles. The molecule has 0 fully saturated rings. The van der Waals surface area contributed by atoms with E-state index in [4.69, 9.17) is 14.9 Å². The van der Waals surface area contributed by atoms with Crippen molar-refractivity contribution in [3.8, 4) is 0 Å². The average molecular weight is 208 g/mol. The minimum absolute atomic E-state index is 0.260. The number of hydrogen-bond acceptors (Lipinski definition) is 4. The summed E-state index contributed by atoms with van der Waals surface area (Å²) in [6.45, 7) is 2.78. The average Bonchev–Trinajstić information content (AvgIpc) is 2.16. The maximum absolute atomic E-state index is 9.04.